The monoisotopic (exact) mass is 274 g/mol. The average molecular weight is 274 g/mol. The van der Waals surface area contributed by atoms with Crippen LogP contribution in [0.3, 0.4) is 0 Å². The van der Waals surface area contributed by atoms with E-state index in [1.54, 1.807) is 6.92 Å². The molecule has 2 N–H and O–H groups in total. The fourth-order valence-corrected chi connectivity index (χ4v) is 1.66. The predicted octanol–water partition coefficient (Wildman–Crippen LogP) is 1.83. The second-order valence-electron chi connectivity index (χ2n) is 3.87. The number of likely N-dealkylation sites (N-methyl/N-ethyl adjacent to an activating group) is 1. The van der Waals surface area contributed by atoms with Crippen molar-refractivity contribution >= 4 is 17.9 Å². The van der Waals surface area contributed by atoms with E-state index in [-0.39, 0.29) is 18.5 Å². The number of amides is 1. The minimum absolute atomic E-state index is 0.150. The molecule has 0 aliphatic carbocycles. The lowest BCUT2D eigenvalue weighted by molar-refractivity contribution is -0.137. The molecule has 19 heavy (non-hydrogen) atoms. The van der Waals surface area contributed by atoms with E-state index in [1.807, 2.05) is 0 Å². The van der Waals surface area contributed by atoms with Gasteiger partial charge in [0, 0.05) is 17.8 Å². The number of primary amides is 1. The molecule has 0 saturated heterocycles. The second-order valence-corrected chi connectivity index (χ2v) is 3.87. The zero-order chi connectivity index (χ0) is 14.6. The molecule has 0 aromatic heterocycles. The first-order valence-corrected chi connectivity index (χ1v) is 5.49. The first kappa shape index (κ1) is 15.0. The molecule has 0 aliphatic rings. The Morgan fingerprint density at radius 1 is 1.42 bits per heavy atom. The molecule has 0 spiro atoms. The molecule has 0 fully saturated rings. The molecule has 1 aromatic rings. The van der Waals surface area contributed by atoms with Crippen LogP contribution in [0.25, 0.3) is 0 Å². The summed E-state index contributed by atoms with van der Waals surface area (Å²) in [5.74, 6) is -0.644. The van der Waals surface area contributed by atoms with E-state index >= 15 is 0 Å². The summed E-state index contributed by atoms with van der Waals surface area (Å²) < 4.78 is 38.3. The van der Waals surface area contributed by atoms with Crippen LogP contribution in [0.5, 0.6) is 0 Å². The highest BCUT2D eigenvalue weighted by Crippen LogP contribution is 2.34. The van der Waals surface area contributed by atoms with Gasteiger partial charge in [0.25, 0.3) is 0 Å². The summed E-state index contributed by atoms with van der Waals surface area (Å²) >= 11 is 0. The fraction of sp³-hybridized carbons (Fsp3) is 0.333. The van der Waals surface area contributed by atoms with Crippen molar-refractivity contribution in [3.05, 3.63) is 29.3 Å². The molecule has 104 valence electrons. The van der Waals surface area contributed by atoms with E-state index in [0.29, 0.717) is 6.54 Å². The Bertz CT molecular complexity index is 486. The number of carbonyl (C=O) groups is 2. The Labute approximate surface area is 108 Å². The van der Waals surface area contributed by atoms with Crippen molar-refractivity contribution in [1.29, 1.82) is 0 Å². The number of hydrogen-bond acceptors (Lipinski definition) is 3. The van der Waals surface area contributed by atoms with Gasteiger partial charge in [0.2, 0.25) is 5.91 Å². The summed E-state index contributed by atoms with van der Waals surface area (Å²) in [7, 11) is 0. The second kappa shape index (κ2) is 5.73. The summed E-state index contributed by atoms with van der Waals surface area (Å²) in [6, 6.07) is 3.27. The van der Waals surface area contributed by atoms with Gasteiger partial charge in [-0.15, -0.1) is 0 Å². The van der Waals surface area contributed by atoms with Gasteiger partial charge in [-0.05, 0) is 25.1 Å². The molecule has 0 saturated carbocycles. The van der Waals surface area contributed by atoms with Crippen LogP contribution in [0.2, 0.25) is 0 Å². The van der Waals surface area contributed by atoms with Crippen LogP contribution in [-0.2, 0) is 11.0 Å². The van der Waals surface area contributed by atoms with Crippen LogP contribution in [-0.4, -0.2) is 25.3 Å². The Kier molecular flexibility index (Phi) is 4.52. The molecular weight excluding hydrogens is 261 g/mol. The SMILES string of the molecule is CCN(CC(N)=O)c1ccc(C=O)c(C(F)(F)F)c1. The van der Waals surface area contributed by atoms with Crippen molar-refractivity contribution in [3.8, 4) is 0 Å². The third-order valence-corrected chi connectivity index (χ3v) is 2.56. The largest absolute Gasteiger partial charge is 0.417 e. The number of halogens is 3. The maximum atomic E-state index is 12.8. The summed E-state index contributed by atoms with van der Waals surface area (Å²) in [5.41, 5.74) is 3.76. The van der Waals surface area contributed by atoms with Gasteiger partial charge in [-0.1, -0.05) is 0 Å². The minimum Gasteiger partial charge on any atom is -0.368 e. The first-order chi connectivity index (χ1) is 8.79. The normalized spacial score (nSPS) is 11.2. The van der Waals surface area contributed by atoms with Crippen LogP contribution in [0.15, 0.2) is 18.2 Å². The van der Waals surface area contributed by atoms with Gasteiger partial charge in [0.1, 0.15) is 0 Å². The van der Waals surface area contributed by atoms with Gasteiger partial charge in [-0.3, -0.25) is 9.59 Å². The number of aldehydes is 1. The zero-order valence-electron chi connectivity index (χ0n) is 10.2. The van der Waals surface area contributed by atoms with Crippen molar-refractivity contribution in [3.63, 3.8) is 0 Å². The highest BCUT2D eigenvalue weighted by atomic mass is 19.4. The highest BCUT2D eigenvalue weighted by Gasteiger charge is 2.33. The van der Waals surface area contributed by atoms with Crippen LogP contribution >= 0.6 is 0 Å². The molecule has 0 bridgehead atoms. The molecule has 1 amide bonds. The molecular formula is C12H13F3N2O2. The van der Waals surface area contributed by atoms with E-state index < -0.39 is 23.2 Å². The highest BCUT2D eigenvalue weighted by molar-refractivity contribution is 5.81. The van der Waals surface area contributed by atoms with Crippen LogP contribution in [0, 0.1) is 0 Å². The van der Waals surface area contributed by atoms with Crippen LogP contribution in [0.1, 0.15) is 22.8 Å². The number of nitrogens with zero attached hydrogens (tertiary/aromatic N) is 1. The number of benzene rings is 1. The summed E-state index contributed by atoms with van der Waals surface area (Å²) in [6.07, 6.45) is -4.48. The molecule has 0 radical (unpaired) electrons. The smallest absolute Gasteiger partial charge is 0.368 e. The van der Waals surface area contributed by atoms with Crippen molar-refractivity contribution in [2.24, 2.45) is 5.73 Å². The molecule has 4 nitrogen and oxygen atoms in total. The molecule has 7 heteroatoms. The van der Waals surface area contributed by atoms with Gasteiger partial charge >= 0.3 is 6.18 Å². The molecule has 1 rings (SSSR count). The number of alkyl halides is 3. The van der Waals surface area contributed by atoms with Crippen molar-refractivity contribution in [1.82, 2.24) is 0 Å². The van der Waals surface area contributed by atoms with E-state index in [9.17, 15) is 22.8 Å². The van der Waals surface area contributed by atoms with E-state index in [1.165, 1.54) is 11.0 Å². The van der Waals surface area contributed by atoms with Crippen molar-refractivity contribution in [2.45, 2.75) is 13.1 Å². The molecule has 1 aromatic carbocycles. The third kappa shape index (κ3) is 3.70. The maximum absolute atomic E-state index is 12.8. The lowest BCUT2D eigenvalue weighted by Gasteiger charge is -2.23. The van der Waals surface area contributed by atoms with Gasteiger partial charge < -0.3 is 10.6 Å². The zero-order valence-corrected chi connectivity index (χ0v) is 10.2. The van der Waals surface area contributed by atoms with Gasteiger partial charge in [0.15, 0.2) is 6.29 Å². The minimum atomic E-state index is -4.63. The maximum Gasteiger partial charge on any atom is 0.417 e. The number of rotatable bonds is 5. The van der Waals surface area contributed by atoms with Gasteiger partial charge in [0.05, 0.1) is 12.1 Å². The van der Waals surface area contributed by atoms with Crippen molar-refractivity contribution < 1.29 is 22.8 Å². The summed E-state index contributed by atoms with van der Waals surface area (Å²) in [6.45, 7) is 1.82. The first-order valence-electron chi connectivity index (χ1n) is 5.49. The molecule has 0 atom stereocenters. The lowest BCUT2D eigenvalue weighted by atomic mass is 10.1. The fourth-order valence-electron chi connectivity index (χ4n) is 1.66. The number of nitrogens with two attached hydrogens (primary N) is 1. The molecule has 0 aliphatic heterocycles. The Morgan fingerprint density at radius 3 is 2.47 bits per heavy atom. The summed E-state index contributed by atoms with van der Waals surface area (Å²) in [5, 5.41) is 0. The molecule has 0 heterocycles. The lowest BCUT2D eigenvalue weighted by Crippen LogP contribution is -2.33. The van der Waals surface area contributed by atoms with Crippen molar-refractivity contribution in [2.75, 3.05) is 18.0 Å². The van der Waals surface area contributed by atoms with E-state index in [4.69, 9.17) is 5.73 Å². The standard InChI is InChI=1S/C12H13F3N2O2/c1-2-17(6-11(16)19)9-4-3-8(7-18)10(5-9)12(13,14)15/h3-5,7H,2,6H2,1H3,(H2,16,19). The quantitative estimate of drug-likeness (QED) is 0.833. The predicted molar refractivity (Wildman–Crippen MR) is 63.9 cm³/mol. The van der Waals surface area contributed by atoms with Crippen LogP contribution in [0.4, 0.5) is 18.9 Å². The topological polar surface area (TPSA) is 63.4 Å². The van der Waals surface area contributed by atoms with Gasteiger partial charge in [-0.25, -0.2) is 0 Å². The number of hydrogen-bond donors (Lipinski definition) is 1. The molecule has 0 unspecified atom stereocenters. The average Bonchev–Trinajstić information content (AvgIpc) is 2.34. The van der Waals surface area contributed by atoms with E-state index in [0.717, 1.165) is 12.1 Å². The Balaban J connectivity index is 3.23. The Hall–Kier alpha value is -2.05. The van der Waals surface area contributed by atoms with E-state index in [2.05, 4.69) is 0 Å². The van der Waals surface area contributed by atoms with Gasteiger partial charge in [-0.2, -0.15) is 13.2 Å². The van der Waals surface area contributed by atoms with Crippen LogP contribution < -0.4 is 10.6 Å². The third-order valence-electron chi connectivity index (χ3n) is 2.56. The number of anilines is 1. The Morgan fingerprint density at radius 2 is 2.05 bits per heavy atom. The summed E-state index contributed by atoms with van der Waals surface area (Å²) in [4.78, 5) is 22.9. The number of carbonyl (C=O) groups excluding carboxylic acids is 2.